The molecule has 20 heavy (non-hydrogen) atoms. The van der Waals surface area contributed by atoms with Crippen LogP contribution in [0.2, 0.25) is 0 Å². The van der Waals surface area contributed by atoms with Gasteiger partial charge in [-0.15, -0.1) is 0 Å². The van der Waals surface area contributed by atoms with E-state index >= 15 is 0 Å². The molecule has 116 valence electrons. The Bertz CT molecular complexity index is 441. The normalized spacial score (nSPS) is 16.4. The summed E-state index contributed by atoms with van der Waals surface area (Å²) in [5.74, 6) is 0. The van der Waals surface area contributed by atoms with Crippen LogP contribution < -0.4 is 5.32 Å². The Labute approximate surface area is 132 Å². The number of nitrogens with zero attached hydrogens (tertiary/aromatic N) is 3. The highest BCUT2D eigenvalue weighted by Crippen LogP contribution is 2.28. The number of hydrogen-bond acceptors (Lipinski definition) is 3. The fourth-order valence-corrected chi connectivity index (χ4v) is 3.21. The lowest BCUT2D eigenvalue weighted by Gasteiger charge is -2.42. The summed E-state index contributed by atoms with van der Waals surface area (Å²) in [6, 6.07) is 0.375. The molecule has 5 heteroatoms. The van der Waals surface area contributed by atoms with Crippen molar-refractivity contribution in [3.05, 3.63) is 15.9 Å². The zero-order valence-corrected chi connectivity index (χ0v) is 15.5. The highest BCUT2D eigenvalue weighted by atomic mass is 79.9. The molecule has 0 bridgehead atoms. The topological polar surface area (TPSA) is 33.1 Å². The highest BCUT2D eigenvalue weighted by molar-refractivity contribution is 9.10. The minimum Gasteiger partial charge on any atom is -0.315 e. The molecule has 0 aliphatic carbocycles. The van der Waals surface area contributed by atoms with Crippen molar-refractivity contribution in [1.82, 2.24) is 20.0 Å². The quantitative estimate of drug-likeness (QED) is 0.825. The maximum absolute atomic E-state index is 4.60. The van der Waals surface area contributed by atoms with E-state index in [-0.39, 0.29) is 5.54 Å². The second-order valence-electron chi connectivity index (χ2n) is 5.81. The lowest BCUT2D eigenvalue weighted by Crippen LogP contribution is -2.57. The van der Waals surface area contributed by atoms with Crippen LogP contribution in [0.15, 0.2) is 4.47 Å². The Morgan fingerprint density at radius 3 is 2.40 bits per heavy atom. The van der Waals surface area contributed by atoms with E-state index in [1.54, 1.807) is 0 Å². The first-order valence-electron chi connectivity index (χ1n) is 7.38. The summed E-state index contributed by atoms with van der Waals surface area (Å²) in [5.41, 5.74) is 2.47. The van der Waals surface area contributed by atoms with E-state index < -0.39 is 0 Å². The zero-order valence-electron chi connectivity index (χ0n) is 13.9. The van der Waals surface area contributed by atoms with Crippen molar-refractivity contribution in [1.29, 1.82) is 0 Å². The van der Waals surface area contributed by atoms with E-state index in [2.05, 4.69) is 84.8 Å². The standard InChI is InChI=1S/C15H29BrN4/c1-8-15(4,19(6)7)13(17-5)10-12-14(16)11(3)18-20(12)9-2/h13,17H,8-10H2,1-7H3. The van der Waals surface area contributed by atoms with Gasteiger partial charge < -0.3 is 10.2 Å². The summed E-state index contributed by atoms with van der Waals surface area (Å²) in [4.78, 5) is 2.32. The Morgan fingerprint density at radius 1 is 1.40 bits per heavy atom. The fraction of sp³-hybridized carbons (Fsp3) is 0.800. The second kappa shape index (κ2) is 7.05. The minimum absolute atomic E-state index is 0.116. The third kappa shape index (κ3) is 3.26. The van der Waals surface area contributed by atoms with Crippen LogP contribution in [0.25, 0.3) is 0 Å². The van der Waals surface area contributed by atoms with Crippen molar-refractivity contribution < 1.29 is 0 Å². The van der Waals surface area contributed by atoms with Crippen LogP contribution in [0.1, 0.15) is 38.6 Å². The number of halogens is 1. The molecule has 1 aromatic heterocycles. The molecule has 1 aromatic rings. The molecule has 0 aliphatic heterocycles. The summed E-state index contributed by atoms with van der Waals surface area (Å²) < 4.78 is 3.26. The number of nitrogens with one attached hydrogen (secondary N) is 1. The average Bonchev–Trinajstić information content (AvgIpc) is 2.70. The minimum atomic E-state index is 0.116. The molecule has 0 spiro atoms. The Kier molecular flexibility index (Phi) is 6.23. The molecule has 1 N–H and O–H groups in total. The maximum atomic E-state index is 4.60. The molecule has 1 heterocycles. The molecule has 2 unspecified atom stereocenters. The van der Waals surface area contributed by atoms with E-state index in [1.165, 1.54) is 5.69 Å². The molecule has 0 fully saturated rings. The predicted octanol–water partition coefficient (Wildman–Crippen LogP) is 2.83. The van der Waals surface area contributed by atoms with Gasteiger partial charge in [-0.3, -0.25) is 4.68 Å². The van der Waals surface area contributed by atoms with E-state index in [1.807, 2.05) is 0 Å². The first-order valence-corrected chi connectivity index (χ1v) is 8.17. The van der Waals surface area contributed by atoms with E-state index in [0.29, 0.717) is 6.04 Å². The molecule has 0 saturated heterocycles. The van der Waals surface area contributed by atoms with Crippen molar-refractivity contribution in [2.75, 3.05) is 21.1 Å². The second-order valence-corrected chi connectivity index (χ2v) is 6.61. The van der Waals surface area contributed by atoms with Gasteiger partial charge in [0, 0.05) is 24.5 Å². The van der Waals surface area contributed by atoms with E-state index in [0.717, 1.165) is 29.6 Å². The molecule has 0 radical (unpaired) electrons. The summed E-state index contributed by atoms with van der Waals surface area (Å²) >= 11 is 3.70. The van der Waals surface area contributed by atoms with Gasteiger partial charge in [-0.05, 0) is 64.3 Å². The van der Waals surface area contributed by atoms with Crippen LogP contribution in [0.5, 0.6) is 0 Å². The summed E-state index contributed by atoms with van der Waals surface area (Å²) in [6.07, 6.45) is 2.07. The molecule has 0 aromatic carbocycles. The van der Waals surface area contributed by atoms with Gasteiger partial charge >= 0.3 is 0 Å². The number of likely N-dealkylation sites (N-methyl/N-ethyl adjacent to an activating group) is 2. The number of rotatable bonds is 7. The predicted molar refractivity (Wildman–Crippen MR) is 89.3 cm³/mol. The third-order valence-corrected chi connectivity index (χ3v) is 5.72. The van der Waals surface area contributed by atoms with Gasteiger partial charge in [0.05, 0.1) is 15.9 Å². The molecule has 4 nitrogen and oxygen atoms in total. The van der Waals surface area contributed by atoms with Crippen molar-refractivity contribution in [3.63, 3.8) is 0 Å². The van der Waals surface area contributed by atoms with Crippen LogP contribution >= 0.6 is 15.9 Å². The van der Waals surface area contributed by atoms with E-state index in [4.69, 9.17) is 0 Å². The van der Waals surface area contributed by atoms with Crippen LogP contribution in [0, 0.1) is 6.92 Å². The molecule has 1 rings (SSSR count). The molecule has 0 amide bonds. The van der Waals surface area contributed by atoms with Gasteiger partial charge in [0.1, 0.15) is 0 Å². The van der Waals surface area contributed by atoms with Gasteiger partial charge in [-0.25, -0.2) is 0 Å². The van der Waals surface area contributed by atoms with Crippen LogP contribution in [0.4, 0.5) is 0 Å². The van der Waals surface area contributed by atoms with Gasteiger partial charge in [-0.1, -0.05) is 6.92 Å². The van der Waals surface area contributed by atoms with Gasteiger partial charge in [-0.2, -0.15) is 5.10 Å². The first-order chi connectivity index (χ1) is 9.31. The zero-order chi connectivity index (χ0) is 15.5. The third-order valence-electron chi connectivity index (χ3n) is 4.69. The summed E-state index contributed by atoms with van der Waals surface area (Å²) in [5, 5.41) is 8.10. The Hall–Kier alpha value is -0.390. The summed E-state index contributed by atoms with van der Waals surface area (Å²) in [7, 11) is 6.37. The molecule has 0 saturated carbocycles. The average molecular weight is 345 g/mol. The van der Waals surface area contributed by atoms with Gasteiger partial charge in [0.15, 0.2) is 0 Å². The summed E-state index contributed by atoms with van der Waals surface area (Å²) in [6.45, 7) is 9.67. The first kappa shape index (κ1) is 17.7. The lowest BCUT2D eigenvalue weighted by molar-refractivity contribution is 0.115. The van der Waals surface area contributed by atoms with E-state index in [9.17, 15) is 0 Å². The highest BCUT2D eigenvalue weighted by Gasteiger charge is 2.35. The fourth-order valence-electron chi connectivity index (χ4n) is 2.76. The Morgan fingerprint density at radius 2 is 2.00 bits per heavy atom. The van der Waals surface area contributed by atoms with Gasteiger partial charge in [0.25, 0.3) is 0 Å². The number of aromatic nitrogens is 2. The number of aryl methyl sites for hydroxylation is 2. The van der Waals surface area contributed by atoms with Crippen molar-refractivity contribution in [2.45, 2.75) is 58.7 Å². The number of hydrogen-bond donors (Lipinski definition) is 1. The molecular weight excluding hydrogens is 316 g/mol. The lowest BCUT2D eigenvalue weighted by atomic mass is 9.85. The van der Waals surface area contributed by atoms with Crippen LogP contribution in [0.3, 0.4) is 0 Å². The maximum Gasteiger partial charge on any atom is 0.0738 e. The molecule has 0 aliphatic rings. The smallest absolute Gasteiger partial charge is 0.0738 e. The van der Waals surface area contributed by atoms with Crippen LogP contribution in [-0.4, -0.2) is 47.4 Å². The molecular formula is C15H29BrN4. The van der Waals surface area contributed by atoms with Crippen molar-refractivity contribution in [3.8, 4) is 0 Å². The molecule has 2 atom stereocenters. The largest absolute Gasteiger partial charge is 0.315 e. The monoisotopic (exact) mass is 344 g/mol. The van der Waals surface area contributed by atoms with Crippen molar-refractivity contribution in [2.24, 2.45) is 0 Å². The van der Waals surface area contributed by atoms with Crippen LogP contribution in [-0.2, 0) is 13.0 Å². The van der Waals surface area contributed by atoms with Crippen molar-refractivity contribution >= 4 is 15.9 Å². The van der Waals surface area contributed by atoms with Gasteiger partial charge in [0.2, 0.25) is 0 Å². The SMILES string of the molecule is CCn1nc(C)c(Br)c1CC(NC)C(C)(CC)N(C)C. The Balaban J connectivity index is 3.11.